The van der Waals surface area contributed by atoms with Crippen molar-refractivity contribution in [3.63, 3.8) is 0 Å². The number of benzene rings is 1. The molecular weight excluding hydrogens is 298 g/mol. The lowest BCUT2D eigenvalue weighted by atomic mass is 9.74. The Morgan fingerprint density at radius 2 is 1.82 bits per heavy atom. The zero-order valence-electron chi connectivity index (χ0n) is 12.9. The smallest absolute Gasteiger partial charge is 0.117 e. The fourth-order valence-electron chi connectivity index (χ4n) is 3.14. The first kappa shape index (κ1) is 15.6. The molecule has 1 fully saturated rings. The number of halogens is 1. The van der Waals surface area contributed by atoms with Gasteiger partial charge in [-0.05, 0) is 49.6 Å². The number of aryl methyl sites for hydroxylation is 1. The van der Waals surface area contributed by atoms with Gasteiger partial charge >= 0.3 is 0 Å². The number of rotatable bonds is 5. The Morgan fingerprint density at radius 3 is 2.45 bits per heavy atom. The first-order valence-electron chi connectivity index (χ1n) is 7.78. The third kappa shape index (κ3) is 3.54. The fraction of sp³-hybridized carbons (Fsp3) is 0.444. The Morgan fingerprint density at radius 1 is 1.09 bits per heavy atom. The highest BCUT2D eigenvalue weighted by molar-refractivity contribution is 6.30. The molecule has 1 aliphatic heterocycles. The summed E-state index contributed by atoms with van der Waals surface area (Å²) in [6.45, 7) is 5.26. The summed E-state index contributed by atoms with van der Waals surface area (Å²) in [6, 6.07) is 12.3. The van der Waals surface area contributed by atoms with Gasteiger partial charge in [0.15, 0.2) is 0 Å². The Hall–Kier alpha value is -1.29. The second-order valence-electron chi connectivity index (χ2n) is 6.02. The highest BCUT2D eigenvalue weighted by atomic mass is 35.5. The van der Waals surface area contributed by atoms with E-state index in [0.717, 1.165) is 55.7 Å². The molecule has 1 aromatic carbocycles. The Bertz CT molecular complexity index is 600. The molecule has 0 atom stereocenters. The van der Waals surface area contributed by atoms with E-state index in [1.54, 1.807) is 0 Å². The molecular formula is C18H22ClNO2. The summed E-state index contributed by atoms with van der Waals surface area (Å²) in [5.41, 5.74) is 1.45. The van der Waals surface area contributed by atoms with Gasteiger partial charge in [-0.25, -0.2) is 0 Å². The molecule has 0 aliphatic carbocycles. The molecule has 4 heteroatoms. The largest absolute Gasteiger partial charge is 0.465 e. The molecule has 1 saturated heterocycles. The Balaban J connectivity index is 1.70. The molecule has 1 aromatic heterocycles. The van der Waals surface area contributed by atoms with Gasteiger partial charge in [-0.1, -0.05) is 23.7 Å². The quantitative estimate of drug-likeness (QED) is 0.901. The highest BCUT2D eigenvalue weighted by Crippen LogP contribution is 2.35. The van der Waals surface area contributed by atoms with Gasteiger partial charge in [0.1, 0.15) is 11.5 Å². The molecule has 22 heavy (non-hydrogen) atoms. The van der Waals surface area contributed by atoms with E-state index in [1.807, 2.05) is 31.2 Å². The highest BCUT2D eigenvalue weighted by Gasteiger charge is 2.34. The lowest BCUT2D eigenvalue weighted by Crippen LogP contribution is -2.42. The van der Waals surface area contributed by atoms with Crippen molar-refractivity contribution >= 4 is 11.6 Å². The van der Waals surface area contributed by atoms with Crippen LogP contribution in [0, 0.1) is 6.92 Å². The van der Waals surface area contributed by atoms with Crippen molar-refractivity contribution in [3.8, 4) is 0 Å². The number of hydrogen-bond donors (Lipinski definition) is 1. The minimum absolute atomic E-state index is 0.116. The zero-order valence-corrected chi connectivity index (χ0v) is 13.7. The van der Waals surface area contributed by atoms with E-state index in [-0.39, 0.29) is 5.41 Å². The van der Waals surface area contributed by atoms with Crippen molar-refractivity contribution in [2.24, 2.45) is 0 Å². The van der Waals surface area contributed by atoms with Gasteiger partial charge < -0.3 is 14.5 Å². The van der Waals surface area contributed by atoms with Crippen LogP contribution >= 0.6 is 11.6 Å². The van der Waals surface area contributed by atoms with Crippen molar-refractivity contribution in [2.45, 2.75) is 31.7 Å². The SMILES string of the molecule is Cc1ccc(CNCC2(c3ccc(Cl)cc3)CCOCC2)o1. The predicted octanol–water partition coefficient (Wildman–Crippen LogP) is 4.08. The minimum Gasteiger partial charge on any atom is -0.465 e. The topological polar surface area (TPSA) is 34.4 Å². The van der Waals surface area contributed by atoms with E-state index >= 15 is 0 Å². The van der Waals surface area contributed by atoms with E-state index in [2.05, 4.69) is 17.4 Å². The van der Waals surface area contributed by atoms with Gasteiger partial charge in [0, 0.05) is 30.2 Å². The predicted molar refractivity (Wildman–Crippen MR) is 88.3 cm³/mol. The monoisotopic (exact) mass is 319 g/mol. The van der Waals surface area contributed by atoms with Gasteiger partial charge in [-0.3, -0.25) is 0 Å². The van der Waals surface area contributed by atoms with E-state index in [9.17, 15) is 0 Å². The van der Waals surface area contributed by atoms with Crippen molar-refractivity contribution in [1.82, 2.24) is 5.32 Å². The van der Waals surface area contributed by atoms with Crippen LogP contribution in [0.25, 0.3) is 0 Å². The molecule has 1 aliphatic rings. The Labute approximate surface area is 136 Å². The summed E-state index contributed by atoms with van der Waals surface area (Å²) in [5, 5.41) is 4.34. The summed E-state index contributed by atoms with van der Waals surface area (Å²) in [5.74, 6) is 1.94. The lowest BCUT2D eigenvalue weighted by Gasteiger charge is -2.38. The molecule has 1 N–H and O–H groups in total. The van der Waals surface area contributed by atoms with Crippen LogP contribution in [0.4, 0.5) is 0 Å². The summed E-state index contributed by atoms with van der Waals surface area (Å²) >= 11 is 6.03. The maximum atomic E-state index is 6.03. The van der Waals surface area contributed by atoms with Crippen LogP contribution in [0.2, 0.25) is 5.02 Å². The number of nitrogens with one attached hydrogen (secondary N) is 1. The number of hydrogen-bond acceptors (Lipinski definition) is 3. The number of furan rings is 1. The Kier molecular flexibility index (Phi) is 4.87. The zero-order chi connectivity index (χ0) is 15.4. The molecule has 118 valence electrons. The van der Waals surface area contributed by atoms with Gasteiger partial charge in [0.25, 0.3) is 0 Å². The van der Waals surface area contributed by atoms with Crippen LogP contribution < -0.4 is 5.32 Å². The number of ether oxygens (including phenoxy) is 1. The van der Waals surface area contributed by atoms with Gasteiger partial charge in [0.2, 0.25) is 0 Å². The summed E-state index contributed by atoms with van der Waals surface area (Å²) < 4.78 is 11.2. The van der Waals surface area contributed by atoms with Crippen LogP contribution in [0.5, 0.6) is 0 Å². The summed E-state index contributed by atoms with van der Waals surface area (Å²) in [7, 11) is 0. The fourth-order valence-corrected chi connectivity index (χ4v) is 3.26. The molecule has 2 heterocycles. The molecule has 0 radical (unpaired) electrons. The van der Waals surface area contributed by atoms with Crippen LogP contribution in [0.15, 0.2) is 40.8 Å². The molecule has 2 aromatic rings. The molecule has 0 unspecified atom stereocenters. The average molecular weight is 320 g/mol. The van der Waals surface area contributed by atoms with Gasteiger partial charge in [-0.15, -0.1) is 0 Å². The van der Waals surface area contributed by atoms with Crippen LogP contribution in [-0.2, 0) is 16.7 Å². The molecule has 0 amide bonds. The molecule has 3 rings (SSSR count). The van der Waals surface area contributed by atoms with Crippen molar-refractivity contribution in [3.05, 3.63) is 58.5 Å². The van der Waals surface area contributed by atoms with Gasteiger partial charge in [0.05, 0.1) is 6.54 Å². The normalized spacial score (nSPS) is 17.5. The molecule has 0 bridgehead atoms. The van der Waals surface area contributed by atoms with E-state index in [0.29, 0.717) is 0 Å². The summed E-state index contributed by atoms with van der Waals surface area (Å²) in [4.78, 5) is 0. The first-order chi connectivity index (χ1) is 10.7. The third-order valence-electron chi connectivity index (χ3n) is 4.47. The molecule has 0 spiro atoms. The van der Waals surface area contributed by atoms with E-state index in [4.69, 9.17) is 20.8 Å². The van der Waals surface area contributed by atoms with E-state index in [1.165, 1.54) is 5.56 Å². The standard InChI is InChI=1S/C18H22ClNO2/c1-14-2-7-17(22-14)12-20-13-18(8-10-21-11-9-18)15-3-5-16(19)6-4-15/h2-7,20H,8-13H2,1H3. The second kappa shape index (κ2) is 6.86. The van der Waals surface area contributed by atoms with Crippen LogP contribution in [-0.4, -0.2) is 19.8 Å². The van der Waals surface area contributed by atoms with E-state index < -0.39 is 0 Å². The average Bonchev–Trinajstić information content (AvgIpc) is 2.94. The second-order valence-corrected chi connectivity index (χ2v) is 6.45. The molecule has 0 saturated carbocycles. The third-order valence-corrected chi connectivity index (χ3v) is 4.72. The summed E-state index contributed by atoms with van der Waals surface area (Å²) in [6.07, 6.45) is 2.05. The van der Waals surface area contributed by atoms with Crippen molar-refractivity contribution < 1.29 is 9.15 Å². The van der Waals surface area contributed by atoms with Gasteiger partial charge in [-0.2, -0.15) is 0 Å². The maximum Gasteiger partial charge on any atom is 0.117 e. The maximum absolute atomic E-state index is 6.03. The van der Waals surface area contributed by atoms with Crippen LogP contribution in [0.1, 0.15) is 29.9 Å². The van der Waals surface area contributed by atoms with Crippen molar-refractivity contribution in [2.75, 3.05) is 19.8 Å². The van der Waals surface area contributed by atoms with Crippen molar-refractivity contribution in [1.29, 1.82) is 0 Å². The first-order valence-corrected chi connectivity index (χ1v) is 8.16. The van der Waals surface area contributed by atoms with Crippen LogP contribution in [0.3, 0.4) is 0 Å². The minimum atomic E-state index is 0.116. The molecule has 3 nitrogen and oxygen atoms in total. The lowest BCUT2D eigenvalue weighted by molar-refractivity contribution is 0.0496.